The monoisotopic (exact) mass is 363 g/mol. The lowest BCUT2D eigenvalue weighted by Gasteiger charge is -2.09. The average molecular weight is 363 g/mol. The molecule has 0 unspecified atom stereocenters. The predicted molar refractivity (Wildman–Crippen MR) is 106 cm³/mol. The molecule has 0 aliphatic carbocycles. The molecule has 0 saturated carbocycles. The Bertz CT molecular complexity index is 1250. The molecule has 4 rings (SSSR count). The van der Waals surface area contributed by atoms with Gasteiger partial charge in [-0.2, -0.15) is 4.98 Å². The molecule has 7 nitrogen and oxygen atoms in total. The fraction of sp³-hybridized carbons (Fsp3) is 0.300. The molecule has 138 valence electrons. The van der Waals surface area contributed by atoms with Gasteiger partial charge in [-0.25, -0.2) is 0 Å². The molecule has 7 heteroatoms. The molecule has 0 aliphatic rings. The summed E-state index contributed by atoms with van der Waals surface area (Å²) in [6.45, 7) is 4.60. The second-order valence-corrected chi connectivity index (χ2v) is 6.76. The van der Waals surface area contributed by atoms with Gasteiger partial charge in [0, 0.05) is 29.7 Å². The van der Waals surface area contributed by atoms with Gasteiger partial charge < -0.3 is 4.57 Å². The Labute approximate surface area is 155 Å². The Balaban J connectivity index is 1.89. The van der Waals surface area contributed by atoms with Crippen LogP contribution in [0.25, 0.3) is 27.5 Å². The van der Waals surface area contributed by atoms with E-state index in [0.29, 0.717) is 29.1 Å². The first-order chi connectivity index (χ1) is 13.1. The highest BCUT2D eigenvalue weighted by atomic mass is 16.1. The van der Waals surface area contributed by atoms with E-state index in [-0.39, 0.29) is 11.1 Å². The van der Waals surface area contributed by atoms with Gasteiger partial charge >= 0.3 is 0 Å². The summed E-state index contributed by atoms with van der Waals surface area (Å²) >= 11 is 0. The molecule has 0 amide bonds. The van der Waals surface area contributed by atoms with Gasteiger partial charge in [0.15, 0.2) is 0 Å². The highest BCUT2D eigenvalue weighted by Gasteiger charge is 2.11. The number of nitrogens with zero attached hydrogens (tertiary/aromatic N) is 4. The smallest absolute Gasteiger partial charge is 0.265 e. The first-order valence-corrected chi connectivity index (χ1v) is 9.16. The summed E-state index contributed by atoms with van der Waals surface area (Å²) in [7, 11) is 0. The number of aromatic amines is 1. The normalized spacial score (nSPS) is 11.5. The lowest BCUT2D eigenvalue weighted by atomic mass is 10.1. The minimum Gasteiger partial charge on any atom is -0.315 e. The van der Waals surface area contributed by atoms with Gasteiger partial charge in [-0.3, -0.25) is 19.3 Å². The molecule has 3 heterocycles. The Morgan fingerprint density at radius 1 is 1.00 bits per heavy atom. The van der Waals surface area contributed by atoms with Gasteiger partial charge in [-0.05, 0) is 48.4 Å². The van der Waals surface area contributed by atoms with Crippen molar-refractivity contribution in [2.45, 2.75) is 39.7 Å². The Morgan fingerprint density at radius 3 is 2.44 bits per heavy atom. The predicted octanol–water partition coefficient (Wildman–Crippen LogP) is 2.92. The molecule has 0 bridgehead atoms. The molecule has 4 aromatic rings. The summed E-state index contributed by atoms with van der Waals surface area (Å²) in [5.41, 5.74) is -0.303. The highest BCUT2D eigenvalue weighted by Crippen LogP contribution is 2.18. The van der Waals surface area contributed by atoms with E-state index in [0.717, 1.165) is 30.0 Å². The van der Waals surface area contributed by atoms with Crippen molar-refractivity contribution in [2.75, 3.05) is 0 Å². The number of pyridine rings is 2. The first-order valence-electron chi connectivity index (χ1n) is 9.16. The number of aromatic nitrogens is 5. The summed E-state index contributed by atoms with van der Waals surface area (Å²) < 4.78 is 3.12. The Morgan fingerprint density at radius 2 is 1.74 bits per heavy atom. The maximum Gasteiger partial charge on any atom is 0.265 e. The Hall–Kier alpha value is -3.22. The van der Waals surface area contributed by atoms with Gasteiger partial charge in [-0.1, -0.05) is 19.8 Å². The molecule has 0 saturated heterocycles. The number of unbranched alkanes of at least 4 members (excludes halogenated alkanes) is 2. The van der Waals surface area contributed by atoms with Crippen LogP contribution in [0.3, 0.4) is 0 Å². The zero-order chi connectivity index (χ0) is 19.0. The van der Waals surface area contributed by atoms with Gasteiger partial charge in [0.25, 0.3) is 17.1 Å². The van der Waals surface area contributed by atoms with Crippen molar-refractivity contribution in [1.82, 2.24) is 24.3 Å². The first kappa shape index (κ1) is 17.2. The maximum atomic E-state index is 12.9. The van der Waals surface area contributed by atoms with Gasteiger partial charge in [-0.15, -0.1) is 5.10 Å². The van der Waals surface area contributed by atoms with E-state index >= 15 is 0 Å². The molecule has 0 spiro atoms. The van der Waals surface area contributed by atoms with E-state index in [1.54, 1.807) is 23.8 Å². The minimum absolute atomic E-state index is 0.0611. The molecular formula is C20H21N5O2. The number of hydrogen-bond donors (Lipinski definition) is 1. The number of fused-ring (bicyclic) bond motifs is 2. The lowest BCUT2D eigenvalue weighted by molar-refractivity contribution is 0.590. The van der Waals surface area contributed by atoms with Crippen LogP contribution in [0.2, 0.25) is 0 Å². The second-order valence-electron chi connectivity index (χ2n) is 6.76. The molecule has 3 aromatic heterocycles. The van der Waals surface area contributed by atoms with Crippen molar-refractivity contribution in [3.8, 4) is 5.95 Å². The number of aryl methyl sites for hydroxylation is 2. The molecule has 0 radical (unpaired) electrons. The van der Waals surface area contributed by atoms with Crippen molar-refractivity contribution < 1.29 is 0 Å². The molecule has 0 aliphatic heterocycles. The molecule has 27 heavy (non-hydrogen) atoms. The van der Waals surface area contributed by atoms with Crippen LogP contribution in [-0.4, -0.2) is 24.3 Å². The second kappa shape index (κ2) is 6.83. The number of benzene rings is 1. The maximum absolute atomic E-state index is 12.9. The van der Waals surface area contributed by atoms with Crippen molar-refractivity contribution >= 4 is 21.5 Å². The number of hydrogen-bond acceptors (Lipinski definition) is 4. The van der Waals surface area contributed by atoms with Crippen molar-refractivity contribution in [3.05, 3.63) is 63.2 Å². The third kappa shape index (κ3) is 3.05. The standard InChI is InChI=1S/C20H21N5O2/c1-3-4-5-8-24-9-6-14-11-15-7-10-25(20-21-13(2)22-23-20)19(27)17(15)12-16(14)18(24)26/h6-7,9-12H,3-5,8H2,1-2H3,(H,21,22,23). The van der Waals surface area contributed by atoms with Crippen LogP contribution >= 0.6 is 0 Å². The number of H-pyrrole nitrogens is 1. The van der Waals surface area contributed by atoms with Crippen LogP contribution in [0.5, 0.6) is 0 Å². The van der Waals surface area contributed by atoms with Crippen molar-refractivity contribution in [1.29, 1.82) is 0 Å². The van der Waals surface area contributed by atoms with Gasteiger partial charge in [0.1, 0.15) is 5.82 Å². The SMILES string of the molecule is CCCCCn1ccc2cc3ccn(-c4n[nH]c(C)n4)c(=O)c3cc2c1=O. The van der Waals surface area contributed by atoms with Crippen LogP contribution in [0.15, 0.2) is 46.2 Å². The van der Waals surface area contributed by atoms with Crippen LogP contribution in [0.1, 0.15) is 32.0 Å². The molecule has 0 fully saturated rings. The van der Waals surface area contributed by atoms with E-state index in [4.69, 9.17) is 0 Å². The molecule has 1 N–H and O–H groups in total. The topological polar surface area (TPSA) is 85.6 Å². The Kier molecular flexibility index (Phi) is 4.35. The summed E-state index contributed by atoms with van der Waals surface area (Å²) in [5.74, 6) is 0.926. The zero-order valence-electron chi connectivity index (χ0n) is 15.4. The third-order valence-corrected chi connectivity index (χ3v) is 4.80. The van der Waals surface area contributed by atoms with Gasteiger partial charge in [0.2, 0.25) is 0 Å². The quantitative estimate of drug-likeness (QED) is 0.436. The summed E-state index contributed by atoms with van der Waals surface area (Å²) in [6.07, 6.45) is 6.65. The average Bonchev–Trinajstić information content (AvgIpc) is 3.09. The van der Waals surface area contributed by atoms with Crippen LogP contribution < -0.4 is 11.1 Å². The summed E-state index contributed by atoms with van der Waals surface area (Å²) in [4.78, 5) is 30.0. The van der Waals surface area contributed by atoms with E-state index in [2.05, 4.69) is 22.1 Å². The third-order valence-electron chi connectivity index (χ3n) is 4.80. The summed E-state index contributed by atoms with van der Waals surface area (Å²) in [5, 5.41) is 9.46. The highest BCUT2D eigenvalue weighted by molar-refractivity contribution is 5.97. The fourth-order valence-corrected chi connectivity index (χ4v) is 3.33. The molecule has 0 atom stereocenters. The minimum atomic E-state index is -0.241. The summed E-state index contributed by atoms with van der Waals surface area (Å²) in [6, 6.07) is 7.36. The zero-order valence-corrected chi connectivity index (χ0v) is 15.4. The van der Waals surface area contributed by atoms with Gasteiger partial charge in [0.05, 0.1) is 0 Å². The van der Waals surface area contributed by atoms with Crippen LogP contribution in [0, 0.1) is 6.92 Å². The van der Waals surface area contributed by atoms with E-state index in [9.17, 15) is 9.59 Å². The van der Waals surface area contributed by atoms with Crippen LogP contribution in [0.4, 0.5) is 0 Å². The lowest BCUT2D eigenvalue weighted by Crippen LogP contribution is -2.21. The largest absolute Gasteiger partial charge is 0.315 e. The van der Waals surface area contributed by atoms with Crippen LogP contribution in [-0.2, 0) is 6.54 Å². The van der Waals surface area contributed by atoms with Crippen molar-refractivity contribution in [2.24, 2.45) is 0 Å². The number of nitrogens with one attached hydrogen (secondary N) is 1. The van der Waals surface area contributed by atoms with E-state index < -0.39 is 0 Å². The molecule has 1 aromatic carbocycles. The van der Waals surface area contributed by atoms with E-state index in [1.165, 1.54) is 4.57 Å². The number of rotatable bonds is 5. The van der Waals surface area contributed by atoms with E-state index in [1.807, 2.05) is 24.4 Å². The fourth-order valence-electron chi connectivity index (χ4n) is 3.33. The van der Waals surface area contributed by atoms with Crippen molar-refractivity contribution in [3.63, 3.8) is 0 Å². The molecular weight excluding hydrogens is 342 g/mol.